The molecule has 0 radical (unpaired) electrons. The molecule has 2 aliphatic rings. The van der Waals surface area contributed by atoms with Crippen LogP contribution in [0.2, 0.25) is 0 Å². The Balaban J connectivity index is 1.41. The molecular weight excluding hydrogens is 370 g/mol. The molecule has 6 heteroatoms. The van der Waals surface area contributed by atoms with Crippen LogP contribution in [0.3, 0.4) is 0 Å². The van der Waals surface area contributed by atoms with E-state index >= 15 is 0 Å². The lowest BCUT2D eigenvalue weighted by molar-refractivity contribution is -0.168. The zero-order valence-electron chi connectivity index (χ0n) is 15.2. The molecule has 3 aromatic carbocycles. The largest absolute Gasteiger partial charge is 0.457 e. The third-order valence-electron chi connectivity index (χ3n) is 5.13. The first-order valence-corrected chi connectivity index (χ1v) is 9.18. The fourth-order valence-corrected chi connectivity index (χ4v) is 3.78. The van der Waals surface area contributed by atoms with Gasteiger partial charge >= 0.3 is 5.97 Å². The maximum atomic E-state index is 12.7. The van der Waals surface area contributed by atoms with Gasteiger partial charge in [0.15, 0.2) is 0 Å². The maximum Gasteiger partial charge on any atom is 0.334 e. The summed E-state index contributed by atoms with van der Waals surface area (Å²) in [5, 5.41) is 0.546. The van der Waals surface area contributed by atoms with Gasteiger partial charge in [0.1, 0.15) is 11.5 Å². The van der Waals surface area contributed by atoms with Crippen LogP contribution >= 0.6 is 0 Å². The Morgan fingerprint density at radius 3 is 1.83 bits per heavy atom. The van der Waals surface area contributed by atoms with Crippen molar-refractivity contribution in [2.75, 3.05) is 0 Å². The van der Waals surface area contributed by atoms with Gasteiger partial charge in [0.25, 0.3) is 11.8 Å². The summed E-state index contributed by atoms with van der Waals surface area (Å²) >= 11 is 0. The second kappa shape index (κ2) is 6.60. The van der Waals surface area contributed by atoms with Crippen LogP contribution in [-0.2, 0) is 9.63 Å². The van der Waals surface area contributed by atoms with E-state index in [9.17, 15) is 14.4 Å². The van der Waals surface area contributed by atoms with E-state index in [4.69, 9.17) is 9.57 Å². The van der Waals surface area contributed by atoms with E-state index in [2.05, 4.69) is 0 Å². The summed E-state index contributed by atoms with van der Waals surface area (Å²) in [5.74, 6) is -0.900. The molecule has 142 valence electrons. The van der Waals surface area contributed by atoms with Crippen molar-refractivity contribution in [3.8, 4) is 11.5 Å². The fraction of sp³-hybridized carbons (Fsp3) is 0.0870. The maximum absolute atomic E-state index is 12.7. The number of carbonyl (C=O) groups is 3. The Labute approximate surface area is 166 Å². The second-order valence-electron chi connectivity index (χ2n) is 6.85. The number of carbonyl (C=O) groups excluding carboxylic acids is 3. The number of para-hydroxylation sites is 2. The molecule has 0 saturated heterocycles. The third kappa shape index (κ3) is 2.77. The van der Waals surface area contributed by atoms with E-state index < -0.39 is 17.8 Å². The zero-order chi connectivity index (χ0) is 20.0. The number of hydrogen-bond acceptors (Lipinski definition) is 5. The summed E-state index contributed by atoms with van der Waals surface area (Å²) in [5.41, 5.74) is 2.16. The van der Waals surface area contributed by atoms with E-state index in [1.165, 1.54) is 12.1 Å². The lowest BCUT2D eigenvalue weighted by atomic mass is 9.86. The molecule has 5 rings (SSSR count). The fourth-order valence-electron chi connectivity index (χ4n) is 3.78. The molecule has 0 fully saturated rings. The van der Waals surface area contributed by atoms with Gasteiger partial charge in [-0.05, 0) is 24.3 Å². The predicted molar refractivity (Wildman–Crippen MR) is 102 cm³/mol. The Hall–Kier alpha value is -3.93. The van der Waals surface area contributed by atoms with Crippen LogP contribution in [0, 0.1) is 0 Å². The van der Waals surface area contributed by atoms with Crippen LogP contribution in [0.25, 0.3) is 0 Å². The summed E-state index contributed by atoms with van der Waals surface area (Å²) in [6.07, 6.45) is -0.0369. The van der Waals surface area contributed by atoms with E-state index in [0.29, 0.717) is 16.6 Å². The van der Waals surface area contributed by atoms with Crippen LogP contribution in [0.4, 0.5) is 0 Å². The summed E-state index contributed by atoms with van der Waals surface area (Å²) in [4.78, 5) is 42.8. The minimum Gasteiger partial charge on any atom is -0.457 e. The van der Waals surface area contributed by atoms with Gasteiger partial charge in [-0.3, -0.25) is 9.59 Å². The molecule has 29 heavy (non-hydrogen) atoms. The molecule has 0 N–H and O–H groups in total. The first-order chi connectivity index (χ1) is 14.1. The van der Waals surface area contributed by atoms with Crippen molar-refractivity contribution in [1.29, 1.82) is 0 Å². The number of hydroxylamine groups is 2. The monoisotopic (exact) mass is 385 g/mol. The van der Waals surface area contributed by atoms with Crippen LogP contribution in [0.1, 0.15) is 44.2 Å². The number of rotatable bonds is 3. The first-order valence-electron chi connectivity index (χ1n) is 9.18. The minimum atomic E-state index is -0.670. The topological polar surface area (TPSA) is 72.9 Å². The molecule has 0 aromatic heterocycles. The average molecular weight is 385 g/mol. The van der Waals surface area contributed by atoms with E-state index in [1.54, 1.807) is 12.1 Å². The van der Waals surface area contributed by atoms with Crippen LogP contribution in [0.5, 0.6) is 11.5 Å². The van der Waals surface area contributed by atoms with E-state index in [0.717, 1.165) is 11.1 Å². The lowest BCUT2D eigenvalue weighted by Crippen LogP contribution is -2.33. The normalized spacial score (nSPS) is 14.7. The number of nitrogens with zero attached hydrogens (tertiary/aromatic N) is 1. The molecule has 0 atom stereocenters. The van der Waals surface area contributed by atoms with Crippen molar-refractivity contribution in [3.63, 3.8) is 0 Å². The summed E-state index contributed by atoms with van der Waals surface area (Å²) in [6.45, 7) is 0. The molecule has 2 amide bonds. The highest BCUT2D eigenvalue weighted by molar-refractivity contribution is 6.20. The van der Waals surface area contributed by atoms with Gasteiger partial charge in [0.2, 0.25) is 0 Å². The first kappa shape index (κ1) is 17.2. The van der Waals surface area contributed by atoms with E-state index in [-0.39, 0.29) is 23.5 Å². The molecule has 0 saturated carbocycles. The number of ether oxygens (including phenoxy) is 1. The zero-order valence-corrected chi connectivity index (χ0v) is 15.2. The number of benzene rings is 3. The predicted octanol–water partition coefficient (Wildman–Crippen LogP) is 4.07. The van der Waals surface area contributed by atoms with Crippen molar-refractivity contribution < 1.29 is 24.0 Å². The number of fused-ring (bicyclic) bond motifs is 3. The average Bonchev–Trinajstić information content (AvgIpc) is 2.99. The highest BCUT2D eigenvalue weighted by Crippen LogP contribution is 2.45. The van der Waals surface area contributed by atoms with Gasteiger partial charge in [-0.2, -0.15) is 0 Å². The van der Waals surface area contributed by atoms with Crippen molar-refractivity contribution in [2.24, 2.45) is 0 Å². The Kier molecular flexibility index (Phi) is 3.91. The summed E-state index contributed by atoms with van der Waals surface area (Å²) < 4.78 is 5.93. The molecular formula is C23H15NO5. The van der Waals surface area contributed by atoms with E-state index in [1.807, 2.05) is 48.5 Å². The van der Waals surface area contributed by atoms with Gasteiger partial charge in [-0.1, -0.05) is 53.6 Å². The molecule has 0 bridgehead atoms. The quantitative estimate of drug-likeness (QED) is 0.636. The SMILES string of the molecule is O=C(CC1c2ccccc2Oc2ccccc21)ON1C(=O)c2ccccc2C1=O. The van der Waals surface area contributed by atoms with Gasteiger partial charge < -0.3 is 9.57 Å². The lowest BCUT2D eigenvalue weighted by Gasteiger charge is -2.27. The summed E-state index contributed by atoms with van der Waals surface area (Å²) in [6, 6.07) is 21.3. The van der Waals surface area contributed by atoms with Crippen molar-refractivity contribution >= 4 is 17.8 Å². The Morgan fingerprint density at radius 1 is 0.793 bits per heavy atom. The molecule has 2 heterocycles. The van der Waals surface area contributed by atoms with Gasteiger partial charge in [0, 0.05) is 17.0 Å². The minimum absolute atomic E-state index is 0.0369. The molecule has 6 nitrogen and oxygen atoms in total. The summed E-state index contributed by atoms with van der Waals surface area (Å²) in [7, 11) is 0. The number of hydrogen-bond donors (Lipinski definition) is 0. The second-order valence-corrected chi connectivity index (χ2v) is 6.85. The van der Waals surface area contributed by atoms with Crippen molar-refractivity contribution in [1.82, 2.24) is 5.06 Å². The van der Waals surface area contributed by atoms with Crippen LogP contribution in [-0.4, -0.2) is 22.8 Å². The Bertz CT molecular complexity index is 1090. The van der Waals surface area contributed by atoms with Crippen LogP contribution in [0.15, 0.2) is 72.8 Å². The van der Waals surface area contributed by atoms with Gasteiger partial charge in [-0.25, -0.2) is 4.79 Å². The highest BCUT2D eigenvalue weighted by atomic mass is 16.7. The molecule has 2 aliphatic heterocycles. The molecule has 0 aliphatic carbocycles. The highest BCUT2D eigenvalue weighted by Gasteiger charge is 2.39. The van der Waals surface area contributed by atoms with Gasteiger partial charge in [-0.15, -0.1) is 0 Å². The smallest absolute Gasteiger partial charge is 0.334 e. The molecule has 0 unspecified atom stereocenters. The van der Waals surface area contributed by atoms with Crippen LogP contribution < -0.4 is 4.74 Å². The number of imide groups is 1. The number of amides is 2. The molecule has 3 aromatic rings. The van der Waals surface area contributed by atoms with Crippen molar-refractivity contribution in [3.05, 3.63) is 95.1 Å². The molecule has 0 spiro atoms. The van der Waals surface area contributed by atoms with Crippen molar-refractivity contribution in [2.45, 2.75) is 12.3 Å². The van der Waals surface area contributed by atoms with Gasteiger partial charge in [0.05, 0.1) is 17.5 Å². The standard InChI is InChI=1S/C23H15NO5/c25-21(29-24-22(26)16-9-1-2-10-17(16)23(24)27)13-18-14-7-3-5-11-19(14)28-20-12-6-4-8-15(18)20/h1-12,18H,13H2. The Morgan fingerprint density at radius 2 is 1.28 bits per heavy atom. The third-order valence-corrected chi connectivity index (χ3v) is 5.13.